The van der Waals surface area contributed by atoms with E-state index in [1.165, 1.54) is 0 Å². The highest BCUT2D eigenvalue weighted by Crippen LogP contribution is 2.28. The first-order valence-electron chi connectivity index (χ1n) is 7.26. The van der Waals surface area contributed by atoms with Crippen molar-refractivity contribution in [3.05, 3.63) is 23.8 Å². The zero-order chi connectivity index (χ0) is 15.4. The molecule has 0 aliphatic carbocycles. The minimum Gasteiger partial charge on any atom is -0.493 e. The summed E-state index contributed by atoms with van der Waals surface area (Å²) in [7, 11) is 5.06. The number of amides is 1. The van der Waals surface area contributed by atoms with E-state index in [9.17, 15) is 4.79 Å². The molecule has 5 heteroatoms. The molecule has 1 amide bonds. The fourth-order valence-corrected chi connectivity index (χ4v) is 2.73. The highest BCUT2D eigenvalue weighted by molar-refractivity contribution is 5.82. The number of methoxy groups -OCH3 is 2. The van der Waals surface area contributed by atoms with Crippen LogP contribution in [-0.4, -0.2) is 44.7 Å². The number of nitrogens with zero attached hydrogens (tertiary/aromatic N) is 1. The molecule has 2 unspecified atom stereocenters. The van der Waals surface area contributed by atoms with Gasteiger partial charge in [0.25, 0.3) is 0 Å². The van der Waals surface area contributed by atoms with Gasteiger partial charge in [0.1, 0.15) is 0 Å². The molecule has 1 aliphatic heterocycles. The lowest BCUT2D eigenvalue weighted by molar-refractivity contribution is -0.133. The van der Waals surface area contributed by atoms with E-state index in [0.717, 1.165) is 18.5 Å². The van der Waals surface area contributed by atoms with Gasteiger partial charge >= 0.3 is 0 Å². The highest BCUT2D eigenvalue weighted by Gasteiger charge is 2.31. The van der Waals surface area contributed by atoms with Gasteiger partial charge < -0.3 is 19.7 Å². The summed E-state index contributed by atoms with van der Waals surface area (Å²) in [6, 6.07) is 5.67. The summed E-state index contributed by atoms with van der Waals surface area (Å²) in [6.07, 6.45) is 1.06. The molecular formula is C16H24N2O3. The number of carbonyl (C=O) groups is 1. The molecule has 21 heavy (non-hydrogen) atoms. The van der Waals surface area contributed by atoms with Gasteiger partial charge in [0.15, 0.2) is 11.5 Å². The van der Waals surface area contributed by atoms with E-state index in [0.29, 0.717) is 24.0 Å². The van der Waals surface area contributed by atoms with E-state index in [1.807, 2.05) is 25.2 Å². The monoisotopic (exact) mass is 292 g/mol. The van der Waals surface area contributed by atoms with Crippen molar-refractivity contribution in [2.45, 2.75) is 25.9 Å². The van der Waals surface area contributed by atoms with Crippen molar-refractivity contribution in [1.29, 1.82) is 0 Å². The average molecular weight is 292 g/mol. The summed E-state index contributed by atoms with van der Waals surface area (Å²) < 4.78 is 10.5. The molecule has 116 valence electrons. The third kappa shape index (κ3) is 3.47. The molecule has 1 saturated heterocycles. The van der Waals surface area contributed by atoms with Gasteiger partial charge in [-0.3, -0.25) is 4.79 Å². The molecule has 0 aromatic heterocycles. The third-order valence-electron chi connectivity index (χ3n) is 4.04. The summed E-state index contributed by atoms with van der Waals surface area (Å²) in [5.41, 5.74) is 1.02. The molecule has 1 fully saturated rings. The standard InChI is InChI=1S/C16H24N2O3/c1-11-7-8-17-15(11)16(19)18(2)10-12-5-6-13(20-3)14(9-12)21-4/h5-6,9,11,15,17H,7-8,10H2,1-4H3. The predicted octanol–water partition coefficient (Wildman–Crippen LogP) is 1.66. The van der Waals surface area contributed by atoms with Crippen molar-refractivity contribution in [2.24, 2.45) is 5.92 Å². The van der Waals surface area contributed by atoms with Crippen molar-refractivity contribution in [3.8, 4) is 11.5 Å². The zero-order valence-corrected chi connectivity index (χ0v) is 13.2. The first-order chi connectivity index (χ1) is 10.1. The Morgan fingerprint density at radius 1 is 1.33 bits per heavy atom. The van der Waals surface area contributed by atoms with Crippen LogP contribution in [0.4, 0.5) is 0 Å². The van der Waals surface area contributed by atoms with E-state index >= 15 is 0 Å². The summed E-state index contributed by atoms with van der Waals surface area (Å²) in [5.74, 6) is 1.92. The molecule has 5 nitrogen and oxygen atoms in total. The Kier molecular flexibility index (Phi) is 5.07. The minimum atomic E-state index is -0.0601. The second kappa shape index (κ2) is 6.80. The molecule has 0 radical (unpaired) electrons. The molecule has 0 saturated carbocycles. The van der Waals surface area contributed by atoms with Crippen molar-refractivity contribution in [1.82, 2.24) is 10.2 Å². The van der Waals surface area contributed by atoms with E-state index in [1.54, 1.807) is 19.1 Å². The van der Waals surface area contributed by atoms with Gasteiger partial charge in [0.2, 0.25) is 5.91 Å². The highest BCUT2D eigenvalue weighted by atomic mass is 16.5. The van der Waals surface area contributed by atoms with Gasteiger partial charge in [-0.1, -0.05) is 13.0 Å². The van der Waals surface area contributed by atoms with Crippen LogP contribution in [0.1, 0.15) is 18.9 Å². The first-order valence-corrected chi connectivity index (χ1v) is 7.26. The molecule has 2 atom stereocenters. The number of hydrogen-bond acceptors (Lipinski definition) is 4. The van der Waals surface area contributed by atoms with E-state index < -0.39 is 0 Å². The topological polar surface area (TPSA) is 50.8 Å². The second-order valence-corrected chi connectivity index (χ2v) is 5.58. The van der Waals surface area contributed by atoms with Crippen LogP contribution in [0.2, 0.25) is 0 Å². The molecule has 0 spiro atoms. The van der Waals surface area contributed by atoms with Crippen LogP contribution >= 0.6 is 0 Å². The Balaban J connectivity index is 2.05. The Bertz CT molecular complexity index is 504. The normalized spacial score (nSPS) is 21.1. The van der Waals surface area contributed by atoms with E-state index in [-0.39, 0.29) is 11.9 Å². The second-order valence-electron chi connectivity index (χ2n) is 5.58. The predicted molar refractivity (Wildman–Crippen MR) is 81.6 cm³/mol. The van der Waals surface area contributed by atoms with E-state index in [4.69, 9.17) is 9.47 Å². The Hall–Kier alpha value is -1.75. The Morgan fingerprint density at radius 3 is 2.62 bits per heavy atom. The van der Waals surface area contributed by atoms with Crippen LogP contribution < -0.4 is 14.8 Å². The first kappa shape index (κ1) is 15.6. The molecule has 0 bridgehead atoms. The van der Waals surface area contributed by atoms with Crippen LogP contribution in [0.3, 0.4) is 0 Å². The lowest BCUT2D eigenvalue weighted by atomic mass is 10.0. The molecule has 1 heterocycles. The fourth-order valence-electron chi connectivity index (χ4n) is 2.73. The number of nitrogens with one attached hydrogen (secondary N) is 1. The van der Waals surface area contributed by atoms with Gasteiger partial charge in [-0.2, -0.15) is 0 Å². The fraction of sp³-hybridized carbons (Fsp3) is 0.562. The summed E-state index contributed by atoms with van der Waals surface area (Å²) in [5, 5.41) is 3.28. The smallest absolute Gasteiger partial charge is 0.240 e. The molecular weight excluding hydrogens is 268 g/mol. The van der Waals surface area contributed by atoms with Crippen LogP contribution in [-0.2, 0) is 11.3 Å². The van der Waals surface area contributed by atoms with Gasteiger partial charge in [0, 0.05) is 13.6 Å². The summed E-state index contributed by atoms with van der Waals surface area (Å²) >= 11 is 0. The number of ether oxygens (including phenoxy) is 2. The minimum absolute atomic E-state index is 0.0601. The maximum atomic E-state index is 12.4. The van der Waals surface area contributed by atoms with Crippen LogP contribution in [0.5, 0.6) is 11.5 Å². The molecule has 1 aromatic rings. The molecule has 1 N–H and O–H groups in total. The Morgan fingerprint density at radius 2 is 2.05 bits per heavy atom. The SMILES string of the molecule is COc1ccc(CN(C)C(=O)C2NCCC2C)cc1OC. The number of carbonyl (C=O) groups excluding carboxylic acids is 1. The van der Waals surface area contributed by atoms with Crippen molar-refractivity contribution in [3.63, 3.8) is 0 Å². The molecule has 1 aromatic carbocycles. The largest absolute Gasteiger partial charge is 0.493 e. The average Bonchev–Trinajstić information content (AvgIpc) is 2.92. The van der Waals surface area contributed by atoms with Crippen LogP contribution in [0, 0.1) is 5.92 Å². The van der Waals surface area contributed by atoms with Gasteiger partial charge in [-0.05, 0) is 36.6 Å². The number of hydrogen-bond donors (Lipinski definition) is 1. The maximum Gasteiger partial charge on any atom is 0.240 e. The van der Waals surface area contributed by atoms with Gasteiger partial charge in [-0.25, -0.2) is 0 Å². The quantitative estimate of drug-likeness (QED) is 0.897. The third-order valence-corrected chi connectivity index (χ3v) is 4.04. The van der Waals surface area contributed by atoms with Gasteiger partial charge in [0.05, 0.1) is 20.3 Å². The molecule has 1 aliphatic rings. The van der Waals surface area contributed by atoms with Gasteiger partial charge in [-0.15, -0.1) is 0 Å². The number of benzene rings is 1. The lowest BCUT2D eigenvalue weighted by Crippen LogP contribution is -2.43. The van der Waals surface area contributed by atoms with Crippen molar-refractivity contribution < 1.29 is 14.3 Å². The van der Waals surface area contributed by atoms with Crippen LogP contribution in [0.15, 0.2) is 18.2 Å². The van der Waals surface area contributed by atoms with Crippen molar-refractivity contribution in [2.75, 3.05) is 27.8 Å². The van der Waals surface area contributed by atoms with E-state index in [2.05, 4.69) is 12.2 Å². The lowest BCUT2D eigenvalue weighted by Gasteiger charge is -2.24. The summed E-state index contributed by atoms with van der Waals surface area (Å²) in [6.45, 7) is 3.60. The zero-order valence-electron chi connectivity index (χ0n) is 13.2. The Labute approximate surface area is 126 Å². The summed E-state index contributed by atoms with van der Waals surface area (Å²) in [4.78, 5) is 14.2. The number of likely N-dealkylation sites (N-methyl/N-ethyl adjacent to an activating group) is 1. The van der Waals surface area contributed by atoms with Crippen LogP contribution in [0.25, 0.3) is 0 Å². The van der Waals surface area contributed by atoms with Crippen molar-refractivity contribution >= 4 is 5.91 Å². The number of rotatable bonds is 5. The maximum absolute atomic E-state index is 12.4. The molecule has 2 rings (SSSR count).